The van der Waals surface area contributed by atoms with E-state index in [0.29, 0.717) is 11.3 Å². The van der Waals surface area contributed by atoms with Crippen LogP contribution in [0.2, 0.25) is 0 Å². The van der Waals surface area contributed by atoms with Gasteiger partial charge in [-0.3, -0.25) is 0 Å². The minimum atomic E-state index is -3.30. The first-order valence-electron chi connectivity index (χ1n) is 5.30. The molecule has 7 heteroatoms. The van der Waals surface area contributed by atoms with Crippen LogP contribution in [0.25, 0.3) is 11.0 Å². The number of hydrogen-bond acceptors (Lipinski definition) is 4. The Balaban J connectivity index is 2.89. The van der Waals surface area contributed by atoms with Gasteiger partial charge in [0.2, 0.25) is 0 Å². The summed E-state index contributed by atoms with van der Waals surface area (Å²) < 4.78 is 25.3. The zero-order chi connectivity index (χ0) is 13.5. The molecule has 0 saturated carbocycles. The average molecular weight is 288 g/mol. The molecule has 0 spiro atoms. The summed E-state index contributed by atoms with van der Waals surface area (Å²) >= 11 is 5.85. The van der Waals surface area contributed by atoms with Crippen molar-refractivity contribution in [3.05, 3.63) is 24.0 Å². The highest BCUT2D eigenvalue weighted by Crippen LogP contribution is 2.24. The molecule has 0 saturated heterocycles. The van der Waals surface area contributed by atoms with Gasteiger partial charge in [0.1, 0.15) is 11.3 Å². The summed E-state index contributed by atoms with van der Waals surface area (Å²) in [7, 11) is 0.399. The maximum absolute atomic E-state index is 11.7. The second-order valence-electron chi connectivity index (χ2n) is 4.22. The Labute approximate surface area is 111 Å². The summed E-state index contributed by atoms with van der Waals surface area (Å²) in [4.78, 5) is 4.56. The van der Waals surface area contributed by atoms with Crippen molar-refractivity contribution in [1.82, 2.24) is 9.66 Å². The number of sulfone groups is 1. The number of fused-ring (bicyclic) bond motifs is 1. The van der Waals surface area contributed by atoms with E-state index in [9.17, 15) is 8.42 Å². The van der Waals surface area contributed by atoms with Crippen molar-refractivity contribution in [2.75, 3.05) is 25.4 Å². The summed E-state index contributed by atoms with van der Waals surface area (Å²) in [5.41, 5.74) is 1.20. The van der Waals surface area contributed by atoms with Gasteiger partial charge in [-0.25, -0.2) is 18.1 Å². The Morgan fingerprint density at radius 1 is 1.39 bits per heavy atom. The van der Waals surface area contributed by atoms with Gasteiger partial charge in [0.05, 0.1) is 16.3 Å². The minimum absolute atomic E-state index is 0.218. The fourth-order valence-corrected chi connectivity index (χ4v) is 2.94. The maximum atomic E-state index is 11.7. The second kappa shape index (κ2) is 4.44. The molecule has 0 radical (unpaired) electrons. The minimum Gasteiger partial charge on any atom is -0.317 e. The number of para-hydroxylation sites is 1. The molecule has 0 bridgehead atoms. The summed E-state index contributed by atoms with van der Waals surface area (Å²) in [5, 5.41) is 1.82. The van der Waals surface area contributed by atoms with Crippen LogP contribution in [0.4, 0.5) is 0 Å². The molecule has 5 nitrogen and oxygen atoms in total. The number of aromatic nitrogens is 2. The molecule has 0 aliphatic rings. The third-order valence-corrected chi connectivity index (χ3v) is 3.98. The Morgan fingerprint density at radius 3 is 2.56 bits per heavy atom. The van der Waals surface area contributed by atoms with Gasteiger partial charge in [0.15, 0.2) is 9.84 Å². The molecule has 0 amide bonds. The van der Waals surface area contributed by atoms with Gasteiger partial charge < -0.3 is 5.01 Å². The van der Waals surface area contributed by atoms with Gasteiger partial charge in [-0.2, -0.15) is 0 Å². The molecule has 0 unspecified atom stereocenters. The van der Waals surface area contributed by atoms with E-state index in [4.69, 9.17) is 11.6 Å². The number of nitrogens with zero attached hydrogens (tertiary/aromatic N) is 3. The number of benzene rings is 1. The number of rotatable bonds is 3. The topological polar surface area (TPSA) is 55.2 Å². The summed E-state index contributed by atoms with van der Waals surface area (Å²) in [6, 6.07) is 5.09. The standard InChI is InChI=1S/C11H14ClN3O2S/c1-14(2)15-8-5-4-6-9(18(3,16)17)11(8)13-10(15)7-12/h4-6H,7H2,1-3H3. The molecule has 1 heterocycles. The second-order valence-corrected chi connectivity index (χ2v) is 6.47. The zero-order valence-electron chi connectivity index (χ0n) is 10.4. The van der Waals surface area contributed by atoms with Gasteiger partial charge in [0, 0.05) is 20.4 Å². The van der Waals surface area contributed by atoms with Crippen molar-refractivity contribution < 1.29 is 8.42 Å². The van der Waals surface area contributed by atoms with Crippen LogP contribution in [0.5, 0.6) is 0 Å². The summed E-state index contributed by atoms with van der Waals surface area (Å²) in [6.07, 6.45) is 1.18. The van der Waals surface area contributed by atoms with Crippen LogP contribution in [0.1, 0.15) is 5.82 Å². The van der Waals surface area contributed by atoms with Gasteiger partial charge in [-0.15, -0.1) is 11.6 Å². The van der Waals surface area contributed by atoms with Crippen molar-refractivity contribution in [1.29, 1.82) is 0 Å². The van der Waals surface area contributed by atoms with Crippen LogP contribution in [0.15, 0.2) is 23.1 Å². The third-order valence-electron chi connectivity index (χ3n) is 2.61. The first kappa shape index (κ1) is 13.2. The van der Waals surface area contributed by atoms with E-state index >= 15 is 0 Å². The van der Waals surface area contributed by atoms with E-state index in [0.717, 1.165) is 5.52 Å². The molecule has 0 N–H and O–H groups in total. The third kappa shape index (κ3) is 2.06. The zero-order valence-corrected chi connectivity index (χ0v) is 12.0. The van der Waals surface area contributed by atoms with Crippen LogP contribution in [-0.4, -0.2) is 38.4 Å². The Hall–Kier alpha value is -1.27. The largest absolute Gasteiger partial charge is 0.317 e. The SMILES string of the molecule is CN(C)n1c(CCl)nc2c(S(C)(=O)=O)cccc21. The van der Waals surface area contributed by atoms with Gasteiger partial charge in [-0.1, -0.05) is 6.07 Å². The lowest BCUT2D eigenvalue weighted by atomic mass is 10.3. The molecule has 1 aromatic carbocycles. The Kier molecular flexibility index (Phi) is 3.25. The monoisotopic (exact) mass is 287 g/mol. The van der Waals surface area contributed by atoms with E-state index in [1.807, 2.05) is 25.2 Å². The van der Waals surface area contributed by atoms with E-state index in [-0.39, 0.29) is 10.8 Å². The number of imidazole rings is 1. The quantitative estimate of drug-likeness (QED) is 0.800. The lowest BCUT2D eigenvalue weighted by Gasteiger charge is -2.17. The molecule has 18 heavy (non-hydrogen) atoms. The molecule has 1 aromatic heterocycles. The lowest BCUT2D eigenvalue weighted by molar-refractivity contribution is 0.602. The van der Waals surface area contributed by atoms with E-state index < -0.39 is 9.84 Å². The molecule has 0 atom stereocenters. The van der Waals surface area contributed by atoms with Crippen LogP contribution in [0.3, 0.4) is 0 Å². The van der Waals surface area contributed by atoms with Crippen molar-refractivity contribution in [3.8, 4) is 0 Å². The summed E-state index contributed by atoms with van der Waals surface area (Å²) in [6.45, 7) is 0. The molecule has 0 fully saturated rings. The van der Waals surface area contributed by atoms with Crippen molar-refractivity contribution in [2.24, 2.45) is 0 Å². The van der Waals surface area contributed by atoms with E-state index in [1.54, 1.807) is 16.8 Å². The molecule has 0 aliphatic carbocycles. The highest BCUT2D eigenvalue weighted by molar-refractivity contribution is 7.91. The smallest absolute Gasteiger partial charge is 0.177 e. The van der Waals surface area contributed by atoms with Crippen LogP contribution >= 0.6 is 11.6 Å². The summed E-state index contributed by atoms with van der Waals surface area (Å²) in [5.74, 6) is 0.837. The highest BCUT2D eigenvalue weighted by atomic mass is 35.5. The number of hydrogen-bond donors (Lipinski definition) is 0. The molecule has 2 rings (SSSR count). The van der Waals surface area contributed by atoms with E-state index in [2.05, 4.69) is 4.98 Å². The maximum Gasteiger partial charge on any atom is 0.177 e. The van der Waals surface area contributed by atoms with Crippen molar-refractivity contribution >= 4 is 32.5 Å². The molecular weight excluding hydrogens is 274 g/mol. The first-order valence-corrected chi connectivity index (χ1v) is 7.73. The van der Waals surface area contributed by atoms with Crippen LogP contribution in [-0.2, 0) is 15.7 Å². The molecule has 0 aliphatic heterocycles. The van der Waals surface area contributed by atoms with Crippen LogP contribution in [0, 0.1) is 0 Å². The first-order chi connectivity index (χ1) is 8.36. The lowest BCUT2D eigenvalue weighted by Crippen LogP contribution is -2.26. The fraction of sp³-hybridized carbons (Fsp3) is 0.364. The van der Waals surface area contributed by atoms with Crippen molar-refractivity contribution in [3.63, 3.8) is 0 Å². The van der Waals surface area contributed by atoms with Gasteiger partial charge in [0.25, 0.3) is 0 Å². The Bertz CT molecular complexity index is 692. The Morgan fingerprint density at radius 2 is 2.06 bits per heavy atom. The molecule has 2 aromatic rings. The van der Waals surface area contributed by atoms with Gasteiger partial charge >= 0.3 is 0 Å². The highest BCUT2D eigenvalue weighted by Gasteiger charge is 2.18. The predicted octanol–water partition coefficient (Wildman–Crippen LogP) is 1.38. The predicted molar refractivity (Wildman–Crippen MR) is 72.5 cm³/mol. The van der Waals surface area contributed by atoms with Crippen LogP contribution < -0.4 is 5.01 Å². The van der Waals surface area contributed by atoms with Gasteiger partial charge in [-0.05, 0) is 12.1 Å². The number of alkyl halides is 1. The molecule has 98 valence electrons. The van der Waals surface area contributed by atoms with Crippen molar-refractivity contribution in [2.45, 2.75) is 10.8 Å². The normalized spacial score (nSPS) is 12.0. The number of halogens is 1. The molecular formula is C11H14ClN3O2S. The average Bonchev–Trinajstić information content (AvgIpc) is 2.65. The van der Waals surface area contributed by atoms with E-state index in [1.165, 1.54) is 6.26 Å². The fourth-order valence-electron chi connectivity index (χ4n) is 1.94.